The summed E-state index contributed by atoms with van der Waals surface area (Å²) in [5, 5.41) is 10.4. The zero-order chi connectivity index (χ0) is 29.0. The average Bonchev–Trinajstić information content (AvgIpc) is 2.98. The van der Waals surface area contributed by atoms with Gasteiger partial charge in [0.2, 0.25) is 0 Å². The summed E-state index contributed by atoms with van der Waals surface area (Å²) in [5.74, 6) is 0.283. The molecule has 0 radical (unpaired) electrons. The number of aromatic nitrogens is 2. The molecule has 0 unspecified atom stereocenters. The van der Waals surface area contributed by atoms with Crippen molar-refractivity contribution in [2.45, 2.75) is 58.6 Å². The number of fused-ring (bicyclic) bond motifs is 3. The van der Waals surface area contributed by atoms with Crippen LogP contribution in [-0.4, -0.2) is 21.6 Å². The van der Waals surface area contributed by atoms with Crippen LogP contribution in [0.2, 0.25) is 0 Å². The molecule has 41 heavy (non-hydrogen) atoms. The number of hydrogen-bond acceptors (Lipinski definition) is 4. The van der Waals surface area contributed by atoms with Crippen molar-refractivity contribution in [1.82, 2.24) is 15.3 Å². The minimum atomic E-state index is -0.384. The minimum absolute atomic E-state index is 0.333. The molecule has 0 saturated heterocycles. The predicted molar refractivity (Wildman–Crippen MR) is 163 cm³/mol. The van der Waals surface area contributed by atoms with Crippen molar-refractivity contribution in [3.05, 3.63) is 108 Å². The van der Waals surface area contributed by atoms with E-state index in [0.29, 0.717) is 23.4 Å². The number of halogens is 1. The molecule has 6 nitrogen and oxygen atoms in total. The number of ether oxygens (including phenoxy) is 1. The van der Waals surface area contributed by atoms with Crippen molar-refractivity contribution >= 4 is 33.3 Å². The molecule has 3 aromatic carbocycles. The lowest BCUT2D eigenvalue weighted by Crippen LogP contribution is -2.45. The Bertz CT molecular complexity index is 1700. The van der Waals surface area contributed by atoms with E-state index in [1.807, 2.05) is 56.4 Å². The molecular weight excluding hydrogens is 515 g/mol. The molecule has 0 spiro atoms. The van der Waals surface area contributed by atoms with E-state index in [1.165, 1.54) is 22.9 Å². The van der Waals surface area contributed by atoms with Gasteiger partial charge < -0.3 is 15.4 Å². The number of anilines is 1. The largest absolute Gasteiger partial charge is 0.487 e. The fourth-order valence-electron chi connectivity index (χ4n) is 5.43. The van der Waals surface area contributed by atoms with Crippen LogP contribution in [0.5, 0.6) is 5.75 Å². The van der Waals surface area contributed by atoms with Crippen LogP contribution in [0, 0.1) is 19.7 Å². The van der Waals surface area contributed by atoms with Crippen LogP contribution in [0.15, 0.2) is 85.2 Å². The van der Waals surface area contributed by atoms with Gasteiger partial charge in [-0.1, -0.05) is 50.2 Å². The highest BCUT2D eigenvalue weighted by Gasteiger charge is 2.39. The van der Waals surface area contributed by atoms with Crippen molar-refractivity contribution < 1.29 is 13.9 Å². The Morgan fingerprint density at radius 1 is 0.951 bits per heavy atom. The second-order valence-electron chi connectivity index (χ2n) is 10.5. The number of carbonyl (C=O) groups excluding carboxylic acids is 1. The van der Waals surface area contributed by atoms with Gasteiger partial charge >= 0.3 is 6.03 Å². The first-order valence-corrected chi connectivity index (χ1v) is 14.0. The lowest BCUT2D eigenvalue weighted by atomic mass is 9.83. The number of amides is 2. The summed E-state index contributed by atoms with van der Waals surface area (Å²) in [5.41, 5.74) is 2.97. The number of aryl methyl sites for hydroxylation is 2. The zero-order valence-electron chi connectivity index (χ0n) is 23.9. The Labute approximate surface area is 240 Å². The van der Waals surface area contributed by atoms with Crippen LogP contribution >= 0.6 is 0 Å². The van der Waals surface area contributed by atoms with E-state index in [2.05, 4.69) is 52.6 Å². The van der Waals surface area contributed by atoms with Crippen LogP contribution in [0.3, 0.4) is 0 Å². The number of carbonyl (C=O) groups is 1. The number of benzene rings is 3. The van der Waals surface area contributed by atoms with Gasteiger partial charge in [-0.3, -0.25) is 9.97 Å². The summed E-state index contributed by atoms with van der Waals surface area (Å²) in [7, 11) is 0. The van der Waals surface area contributed by atoms with E-state index >= 15 is 0 Å². The van der Waals surface area contributed by atoms with Gasteiger partial charge in [0.1, 0.15) is 17.2 Å². The summed E-state index contributed by atoms with van der Waals surface area (Å²) in [6.45, 7) is 8.09. The third-order valence-corrected chi connectivity index (χ3v) is 7.87. The Morgan fingerprint density at radius 3 is 2.51 bits per heavy atom. The molecule has 210 valence electrons. The Kier molecular flexibility index (Phi) is 8.15. The van der Waals surface area contributed by atoms with Crippen molar-refractivity contribution in [1.29, 1.82) is 0 Å². The first kappa shape index (κ1) is 28.0. The molecule has 1 aliphatic heterocycles. The highest BCUT2D eigenvalue weighted by atomic mass is 19.1. The molecule has 3 heterocycles. The normalized spacial score (nSPS) is 15.3. The van der Waals surface area contributed by atoms with E-state index < -0.39 is 0 Å². The Morgan fingerprint density at radius 2 is 1.73 bits per heavy atom. The van der Waals surface area contributed by atoms with Gasteiger partial charge in [0, 0.05) is 51.9 Å². The van der Waals surface area contributed by atoms with E-state index in [1.54, 1.807) is 12.3 Å². The Balaban J connectivity index is 0.000000255. The van der Waals surface area contributed by atoms with Crippen LogP contribution in [0.1, 0.15) is 56.1 Å². The molecule has 2 aromatic heterocycles. The molecule has 5 aromatic rings. The van der Waals surface area contributed by atoms with E-state index in [4.69, 9.17) is 4.74 Å². The quantitative estimate of drug-likeness (QED) is 0.235. The monoisotopic (exact) mass is 550 g/mol. The zero-order valence-corrected chi connectivity index (χ0v) is 23.9. The molecule has 6 rings (SSSR count). The van der Waals surface area contributed by atoms with Crippen LogP contribution in [0.4, 0.5) is 14.9 Å². The van der Waals surface area contributed by atoms with Gasteiger partial charge in [-0.15, -0.1) is 0 Å². The fraction of sp³-hybridized carbons (Fsp3) is 0.265. The van der Waals surface area contributed by atoms with Crippen LogP contribution in [-0.2, 0) is 0 Å². The second-order valence-corrected chi connectivity index (χ2v) is 10.5. The third kappa shape index (κ3) is 6.14. The predicted octanol–water partition coefficient (Wildman–Crippen LogP) is 8.43. The smallest absolute Gasteiger partial charge is 0.319 e. The maximum Gasteiger partial charge on any atom is 0.319 e. The van der Waals surface area contributed by atoms with Gasteiger partial charge in [-0.05, 0) is 68.5 Å². The lowest BCUT2D eigenvalue weighted by Gasteiger charge is -2.41. The fourth-order valence-corrected chi connectivity index (χ4v) is 5.43. The van der Waals surface area contributed by atoms with Gasteiger partial charge in [-0.25, -0.2) is 9.18 Å². The summed E-state index contributed by atoms with van der Waals surface area (Å²) in [6.07, 6.45) is 5.83. The summed E-state index contributed by atoms with van der Waals surface area (Å²) in [6, 6.07) is 21.8. The van der Waals surface area contributed by atoms with Crippen LogP contribution < -0.4 is 15.4 Å². The summed E-state index contributed by atoms with van der Waals surface area (Å²) in [4.78, 5) is 21.4. The number of rotatable bonds is 4. The molecule has 0 bridgehead atoms. The first-order chi connectivity index (χ1) is 19.8. The number of hydrogen-bond donors (Lipinski definition) is 2. The van der Waals surface area contributed by atoms with Gasteiger partial charge in [0.25, 0.3) is 0 Å². The lowest BCUT2D eigenvalue weighted by molar-refractivity contribution is 0.0245. The molecule has 1 atom stereocenters. The summed E-state index contributed by atoms with van der Waals surface area (Å²) < 4.78 is 20.2. The van der Waals surface area contributed by atoms with Crippen LogP contribution in [0.25, 0.3) is 21.5 Å². The average molecular weight is 551 g/mol. The van der Waals surface area contributed by atoms with E-state index in [9.17, 15) is 9.18 Å². The minimum Gasteiger partial charge on any atom is -0.487 e. The topological polar surface area (TPSA) is 76.1 Å². The van der Waals surface area contributed by atoms with Gasteiger partial charge in [0.15, 0.2) is 0 Å². The van der Waals surface area contributed by atoms with Gasteiger partial charge in [-0.2, -0.15) is 0 Å². The highest BCUT2D eigenvalue weighted by molar-refractivity contribution is 6.02. The molecule has 2 N–H and O–H groups in total. The van der Waals surface area contributed by atoms with Gasteiger partial charge in [0.05, 0.1) is 11.7 Å². The van der Waals surface area contributed by atoms with E-state index in [-0.39, 0.29) is 23.5 Å². The molecule has 7 heteroatoms. The number of urea groups is 1. The first-order valence-electron chi connectivity index (χ1n) is 14.0. The third-order valence-electron chi connectivity index (χ3n) is 7.87. The van der Waals surface area contributed by atoms with Crippen molar-refractivity contribution in [3.63, 3.8) is 0 Å². The summed E-state index contributed by atoms with van der Waals surface area (Å²) >= 11 is 0. The Hall–Kier alpha value is -4.52. The number of nitrogens with one attached hydrogen (secondary N) is 2. The molecule has 2 amide bonds. The molecular formula is C34H35FN4O2. The molecule has 0 saturated carbocycles. The maximum atomic E-state index is 13.9. The number of pyridine rings is 2. The molecule has 1 aliphatic rings. The highest BCUT2D eigenvalue weighted by Crippen LogP contribution is 2.43. The standard InChI is InChI=1S/C24H26FN3O2.C10H9N/c1-4-24(5-2)14-21(19-13-16(25)9-10-22(19)30-24)28-23(29)27-20-8-6-7-17-15(3)26-12-11-18(17)20;1-8-6-9-4-2-3-5-10(9)7-11-8/h6-13,21H,4-5,14H2,1-3H3,(H2,27,28,29);2-7H,1H3/t21-;/m1./s1. The number of nitrogens with zero attached hydrogens (tertiary/aromatic N) is 2. The molecule has 0 fully saturated rings. The van der Waals surface area contributed by atoms with Crippen molar-refractivity contribution in [3.8, 4) is 5.75 Å². The maximum absolute atomic E-state index is 13.9. The second kappa shape index (κ2) is 11.9. The SMILES string of the molecule is CCC1(CC)C[C@@H](NC(=O)Nc2cccc3c(C)nccc23)c2cc(F)ccc2O1.Cc1cc2ccccc2cn1. The van der Waals surface area contributed by atoms with Crippen molar-refractivity contribution in [2.24, 2.45) is 0 Å². The van der Waals surface area contributed by atoms with Crippen molar-refractivity contribution in [2.75, 3.05) is 5.32 Å². The van der Waals surface area contributed by atoms with E-state index in [0.717, 1.165) is 35.0 Å². The molecule has 0 aliphatic carbocycles.